The SMILES string of the molecule is CCOC(=O)c1ccc2c(c1)NC(=O)CC(C)N2. The van der Waals surface area contributed by atoms with Gasteiger partial charge in [0, 0.05) is 12.5 Å². The van der Waals surface area contributed by atoms with Gasteiger partial charge < -0.3 is 15.4 Å². The molecule has 1 amide bonds. The largest absolute Gasteiger partial charge is 0.462 e. The Morgan fingerprint density at radius 1 is 1.44 bits per heavy atom. The highest BCUT2D eigenvalue weighted by Crippen LogP contribution is 2.27. The first kappa shape index (κ1) is 12.4. The molecular weight excluding hydrogens is 232 g/mol. The summed E-state index contributed by atoms with van der Waals surface area (Å²) in [7, 11) is 0. The molecule has 0 aliphatic carbocycles. The second-order valence-corrected chi connectivity index (χ2v) is 4.28. The molecule has 0 aromatic heterocycles. The fourth-order valence-corrected chi connectivity index (χ4v) is 1.91. The quantitative estimate of drug-likeness (QED) is 0.786. The Morgan fingerprint density at radius 3 is 2.94 bits per heavy atom. The second-order valence-electron chi connectivity index (χ2n) is 4.28. The molecule has 1 unspecified atom stereocenters. The van der Waals surface area contributed by atoms with Crippen molar-refractivity contribution in [3.05, 3.63) is 23.8 Å². The summed E-state index contributed by atoms with van der Waals surface area (Å²) >= 11 is 0. The topological polar surface area (TPSA) is 67.4 Å². The number of anilines is 2. The van der Waals surface area contributed by atoms with Crippen LogP contribution in [0.1, 0.15) is 30.6 Å². The molecule has 1 atom stereocenters. The number of benzene rings is 1. The van der Waals surface area contributed by atoms with E-state index in [1.165, 1.54) is 0 Å². The first-order valence-electron chi connectivity index (χ1n) is 5.97. The van der Waals surface area contributed by atoms with Crippen molar-refractivity contribution in [2.45, 2.75) is 26.3 Å². The molecule has 5 nitrogen and oxygen atoms in total. The van der Waals surface area contributed by atoms with Gasteiger partial charge in [-0.05, 0) is 32.0 Å². The van der Waals surface area contributed by atoms with Crippen LogP contribution in [0, 0.1) is 0 Å². The Kier molecular flexibility index (Phi) is 3.50. The van der Waals surface area contributed by atoms with Crippen LogP contribution < -0.4 is 10.6 Å². The van der Waals surface area contributed by atoms with E-state index in [0.29, 0.717) is 24.3 Å². The van der Waals surface area contributed by atoms with E-state index in [1.807, 2.05) is 6.92 Å². The third-order valence-electron chi connectivity index (χ3n) is 2.70. The van der Waals surface area contributed by atoms with Crippen molar-refractivity contribution in [3.8, 4) is 0 Å². The number of ether oxygens (including phenoxy) is 1. The van der Waals surface area contributed by atoms with Crippen LogP contribution in [0.25, 0.3) is 0 Å². The van der Waals surface area contributed by atoms with Crippen molar-refractivity contribution < 1.29 is 14.3 Å². The molecule has 0 bridgehead atoms. The summed E-state index contributed by atoms with van der Waals surface area (Å²) in [5.41, 5.74) is 1.88. The fourth-order valence-electron chi connectivity index (χ4n) is 1.91. The number of carbonyl (C=O) groups excluding carboxylic acids is 2. The van der Waals surface area contributed by atoms with E-state index in [-0.39, 0.29) is 17.9 Å². The molecular formula is C13H16N2O3. The first-order valence-corrected chi connectivity index (χ1v) is 5.97. The lowest BCUT2D eigenvalue weighted by Crippen LogP contribution is -2.18. The molecule has 1 aliphatic heterocycles. The van der Waals surface area contributed by atoms with Gasteiger partial charge in [-0.25, -0.2) is 4.79 Å². The van der Waals surface area contributed by atoms with Crippen LogP contribution in [0.15, 0.2) is 18.2 Å². The number of fused-ring (bicyclic) bond motifs is 1. The summed E-state index contributed by atoms with van der Waals surface area (Å²) in [5, 5.41) is 6.00. The second kappa shape index (κ2) is 5.08. The summed E-state index contributed by atoms with van der Waals surface area (Å²) < 4.78 is 4.93. The molecule has 0 radical (unpaired) electrons. The van der Waals surface area contributed by atoms with Gasteiger partial charge >= 0.3 is 5.97 Å². The Hall–Kier alpha value is -2.04. The van der Waals surface area contributed by atoms with Gasteiger partial charge in [0.05, 0.1) is 23.5 Å². The van der Waals surface area contributed by atoms with E-state index in [0.717, 1.165) is 5.69 Å². The molecule has 2 rings (SSSR count). The minimum Gasteiger partial charge on any atom is -0.462 e. The van der Waals surface area contributed by atoms with E-state index in [9.17, 15) is 9.59 Å². The highest BCUT2D eigenvalue weighted by atomic mass is 16.5. The molecule has 1 aliphatic rings. The number of nitrogens with one attached hydrogen (secondary N) is 2. The molecule has 1 aromatic carbocycles. The van der Waals surface area contributed by atoms with Crippen molar-refractivity contribution in [2.24, 2.45) is 0 Å². The Morgan fingerprint density at radius 2 is 2.22 bits per heavy atom. The van der Waals surface area contributed by atoms with Gasteiger partial charge in [0.25, 0.3) is 0 Å². The highest BCUT2D eigenvalue weighted by Gasteiger charge is 2.19. The van der Waals surface area contributed by atoms with Gasteiger partial charge in [-0.3, -0.25) is 4.79 Å². The molecule has 1 heterocycles. The van der Waals surface area contributed by atoms with Crippen molar-refractivity contribution in [1.82, 2.24) is 0 Å². The maximum absolute atomic E-state index is 11.6. The lowest BCUT2D eigenvalue weighted by molar-refractivity contribution is -0.116. The minimum atomic E-state index is -0.383. The summed E-state index contributed by atoms with van der Waals surface area (Å²) in [4.78, 5) is 23.2. The van der Waals surface area contributed by atoms with Gasteiger partial charge in [0.15, 0.2) is 0 Å². The Labute approximate surface area is 106 Å². The van der Waals surface area contributed by atoms with E-state index in [4.69, 9.17) is 4.74 Å². The van der Waals surface area contributed by atoms with Crippen LogP contribution >= 0.6 is 0 Å². The van der Waals surface area contributed by atoms with Crippen molar-refractivity contribution in [2.75, 3.05) is 17.2 Å². The molecule has 0 saturated heterocycles. The Balaban J connectivity index is 2.31. The first-order chi connectivity index (χ1) is 8.60. The van der Waals surface area contributed by atoms with Crippen LogP contribution in [-0.2, 0) is 9.53 Å². The Bertz CT molecular complexity index is 485. The lowest BCUT2D eigenvalue weighted by Gasteiger charge is -2.12. The molecule has 5 heteroatoms. The van der Waals surface area contributed by atoms with Gasteiger partial charge in [-0.2, -0.15) is 0 Å². The van der Waals surface area contributed by atoms with Crippen LogP contribution in [-0.4, -0.2) is 24.5 Å². The number of hydrogen-bond acceptors (Lipinski definition) is 4. The van der Waals surface area contributed by atoms with Crippen molar-refractivity contribution >= 4 is 23.3 Å². The van der Waals surface area contributed by atoms with Crippen LogP contribution in [0.3, 0.4) is 0 Å². The van der Waals surface area contributed by atoms with Crippen LogP contribution in [0.2, 0.25) is 0 Å². The van der Waals surface area contributed by atoms with Gasteiger partial charge in [-0.15, -0.1) is 0 Å². The molecule has 0 spiro atoms. The van der Waals surface area contributed by atoms with E-state index in [2.05, 4.69) is 10.6 Å². The van der Waals surface area contributed by atoms with Crippen molar-refractivity contribution in [3.63, 3.8) is 0 Å². The molecule has 18 heavy (non-hydrogen) atoms. The zero-order chi connectivity index (χ0) is 13.1. The molecule has 0 fully saturated rings. The zero-order valence-corrected chi connectivity index (χ0v) is 10.4. The number of esters is 1. The molecule has 2 N–H and O–H groups in total. The monoisotopic (exact) mass is 248 g/mol. The highest BCUT2D eigenvalue weighted by molar-refractivity contribution is 5.99. The molecule has 0 saturated carbocycles. The summed E-state index contributed by atoms with van der Waals surface area (Å²) in [6, 6.07) is 5.17. The van der Waals surface area contributed by atoms with E-state index < -0.39 is 0 Å². The van der Waals surface area contributed by atoms with E-state index >= 15 is 0 Å². The molecule has 96 valence electrons. The lowest BCUT2D eigenvalue weighted by atomic mass is 10.1. The molecule has 1 aromatic rings. The number of rotatable bonds is 2. The number of carbonyl (C=O) groups is 2. The van der Waals surface area contributed by atoms with Crippen LogP contribution in [0.4, 0.5) is 11.4 Å². The maximum Gasteiger partial charge on any atom is 0.338 e. The third kappa shape index (κ3) is 2.61. The summed E-state index contributed by atoms with van der Waals surface area (Å²) in [5.74, 6) is -0.443. The normalized spacial score (nSPS) is 18.1. The fraction of sp³-hybridized carbons (Fsp3) is 0.385. The van der Waals surface area contributed by atoms with Gasteiger partial charge in [0.1, 0.15) is 0 Å². The predicted molar refractivity (Wildman–Crippen MR) is 68.7 cm³/mol. The average Bonchev–Trinajstić information content (AvgIpc) is 2.44. The zero-order valence-electron chi connectivity index (χ0n) is 10.4. The number of hydrogen-bond donors (Lipinski definition) is 2. The van der Waals surface area contributed by atoms with E-state index in [1.54, 1.807) is 25.1 Å². The predicted octanol–water partition coefficient (Wildman–Crippen LogP) is 2.01. The minimum absolute atomic E-state index is 0.0604. The van der Waals surface area contributed by atoms with Gasteiger partial charge in [0.2, 0.25) is 5.91 Å². The smallest absolute Gasteiger partial charge is 0.338 e. The average molecular weight is 248 g/mol. The third-order valence-corrected chi connectivity index (χ3v) is 2.70. The maximum atomic E-state index is 11.6. The van der Waals surface area contributed by atoms with Crippen LogP contribution in [0.5, 0.6) is 0 Å². The standard InChI is InChI=1S/C13H16N2O3/c1-3-18-13(17)9-4-5-10-11(7-9)15-12(16)6-8(2)14-10/h4-5,7-8,14H,3,6H2,1-2H3,(H,15,16). The van der Waals surface area contributed by atoms with Gasteiger partial charge in [-0.1, -0.05) is 0 Å². The van der Waals surface area contributed by atoms with Crippen molar-refractivity contribution in [1.29, 1.82) is 0 Å². The number of amides is 1. The summed E-state index contributed by atoms with van der Waals surface area (Å²) in [6.45, 7) is 4.03. The summed E-state index contributed by atoms with van der Waals surface area (Å²) in [6.07, 6.45) is 0.406.